The lowest BCUT2D eigenvalue weighted by Gasteiger charge is -2.05. The molecule has 2 N–H and O–H groups in total. The molecule has 8 nitrogen and oxygen atoms in total. The summed E-state index contributed by atoms with van der Waals surface area (Å²) in [5.41, 5.74) is 3.25. The Morgan fingerprint density at radius 3 is 2.35 bits per heavy atom. The second-order valence-corrected chi connectivity index (χ2v) is 6.81. The van der Waals surface area contributed by atoms with Crippen LogP contribution in [0.15, 0.2) is 64.6 Å². The van der Waals surface area contributed by atoms with Crippen molar-refractivity contribution in [3.05, 3.63) is 65.7 Å². The van der Waals surface area contributed by atoms with Gasteiger partial charge in [-0.05, 0) is 29.8 Å². The Kier molecular flexibility index (Phi) is 6.59. The van der Waals surface area contributed by atoms with Crippen molar-refractivity contribution in [2.45, 2.75) is 4.90 Å². The number of ether oxygens (including phenoxy) is 1. The highest BCUT2D eigenvalue weighted by molar-refractivity contribution is 7.89. The highest BCUT2D eigenvalue weighted by Crippen LogP contribution is 2.06. The number of amides is 1. The Morgan fingerprint density at radius 2 is 1.73 bits per heavy atom. The summed E-state index contributed by atoms with van der Waals surface area (Å²) >= 11 is 0. The Labute approximate surface area is 150 Å². The van der Waals surface area contributed by atoms with Gasteiger partial charge < -0.3 is 4.74 Å². The number of rotatable bonds is 7. The van der Waals surface area contributed by atoms with Crippen LogP contribution in [-0.2, 0) is 19.6 Å². The van der Waals surface area contributed by atoms with Crippen molar-refractivity contribution in [2.75, 3.05) is 13.7 Å². The number of hydrazone groups is 1. The minimum Gasteiger partial charge on any atom is -0.465 e. The van der Waals surface area contributed by atoms with Gasteiger partial charge in [-0.15, -0.1) is 0 Å². The normalized spacial score (nSPS) is 11.3. The van der Waals surface area contributed by atoms with Crippen LogP contribution in [0.1, 0.15) is 15.9 Å². The van der Waals surface area contributed by atoms with Crippen molar-refractivity contribution in [2.24, 2.45) is 5.10 Å². The molecule has 1 amide bonds. The molecule has 9 heteroatoms. The molecule has 2 aromatic rings. The van der Waals surface area contributed by atoms with Crippen LogP contribution in [0.3, 0.4) is 0 Å². The Morgan fingerprint density at radius 1 is 1.08 bits per heavy atom. The number of carbonyl (C=O) groups is 2. The minimum atomic E-state index is -3.75. The third-order valence-corrected chi connectivity index (χ3v) is 4.63. The van der Waals surface area contributed by atoms with Gasteiger partial charge in [-0.1, -0.05) is 30.3 Å². The van der Waals surface area contributed by atoms with Gasteiger partial charge in [0.2, 0.25) is 10.0 Å². The van der Waals surface area contributed by atoms with E-state index >= 15 is 0 Å². The minimum absolute atomic E-state index is 0.0713. The van der Waals surface area contributed by atoms with E-state index in [2.05, 4.69) is 20.0 Å². The Hall–Kier alpha value is -3.04. The van der Waals surface area contributed by atoms with Crippen LogP contribution in [0.4, 0.5) is 0 Å². The summed E-state index contributed by atoms with van der Waals surface area (Å²) in [4.78, 5) is 23.1. The van der Waals surface area contributed by atoms with Crippen LogP contribution in [0, 0.1) is 0 Å². The first-order valence-electron chi connectivity index (χ1n) is 7.47. The molecule has 0 aliphatic carbocycles. The third kappa shape index (κ3) is 5.50. The van der Waals surface area contributed by atoms with Gasteiger partial charge in [-0.3, -0.25) is 4.79 Å². The zero-order chi connectivity index (χ0) is 19.0. The van der Waals surface area contributed by atoms with E-state index in [1.807, 2.05) is 0 Å². The molecule has 0 heterocycles. The van der Waals surface area contributed by atoms with Crippen molar-refractivity contribution in [3.8, 4) is 0 Å². The number of hydrogen-bond acceptors (Lipinski definition) is 6. The number of hydrogen-bond donors (Lipinski definition) is 2. The predicted octanol–water partition coefficient (Wildman–Crippen LogP) is 0.902. The summed E-state index contributed by atoms with van der Waals surface area (Å²) in [6.45, 7) is -0.449. The lowest BCUT2D eigenvalue weighted by Crippen LogP contribution is -2.34. The van der Waals surface area contributed by atoms with E-state index in [4.69, 9.17) is 0 Å². The van der Waals surface area contributed by atoms with Crippen molar-refractivity contribution < 1.29 is 22.7 Å². The smallest absolute Gasteiger partial charge is 0.337 e. The molecule has 0 saturated carbocycles. The zero-order valence-electron chi connectivity index (χ0n) is 13.9. The largest absolute Gasteiger partial charge is 0.465 e. The molecule has 0 saturated heterocycles. The van der Waals surface area contributed by atoms with E-state index in [0.29, 0.717) is 11.1 Å². The van der Waals surface area contributed by atoms with Crippen LogP contribution in [0.2, 0.25) is 0 Å². The molecule has 2 aromatic carbocycles. The van der Waals surface area contributed by atoms with Crippen LogP contribution < -0.4 is 10.1 Å². The predicted molar refractivity (Wildman–Crippen MR) is 95.1 cm³/mol. The summed E-state index contributed by atoms with van der Waals surface area (Å²) in [5, 5.41) is 3.73. The number of carbonyl (C=O) groups excluding carboxylic acids is 2. The molecule has 26 heavy (non-hydrogen) atoms. The maximum Gasteiger partial charge on any atom is 0.337 e. The summed E-state index contributed by atoms with van der Waals surface area (Å²) < 4.78 is 30.7. The van der Waals surface area contributed by atoms with Gasteiger partial charge in [0.05, 0.1) is 30.3 Å². The van der Waals surface area contributed by atoms with E-state index in [-0.39, 0.29) is 4.90 Å². The molecule has 0 aliphatic heterocycles. The second kappa shape index (κ2) is 8.88. The number of esters is 1. The first-order valence-corrected chi connectivity index (χ1v) is 8.96. The van der Waals surface area contributed by atoms with Gasteiger partial charge in [0.1, 0.15) is 0 Å². The molecule has 0 spiro atoms. The molecule has 0 fully saturated rings. The molecule has 0 bridgehead atoms. The molecular weight excluding hydrogens is 358 g/mol. The van der Waals surface area contributed by atoms with Crippen molar-refractivity contribution in [1.82, 2.24) is 10.1 Å². The van der Waals surface area contributed by atoms with Gasteiger partial charge in [0.15, 0.2) is 0 Å². The van der Waals surface area contributed by atoms with Crippen molar-refractivity contribution in [3.63, 3.8) is 0 Å². The van der Waals surface area contributed by atoms with Crippen LogP contribution in [0.25, 0.3) is 0 Å². The van der Waals surface area contributed by atoms with Gasteiger partial charge >= 0.3 is 5.97 Å². The number of nitrogens with one attached hydrogen (secondary N) is 2. The fourth-order valence-electron chi connectivity index (χ4n) is 1.88. The average Bonchev–Trinajstić information content (AvgIpc) is 2.67. The molecule has 136 valence electrons. The van der Waals surface area contributed by atoms with Crippen LogP contribution in [-0.4, -0.2) is 40.2 Å². The molecular formula is C17H17N3O5S. The fourth-order valence-corrected chi connectivity index (χ4v) is 2.89. The number of nitrogens with zero attached hydrogens (tertiary/aromatic N) is 1. The van der Waals surface area contributed by atoms with Gasteiger partial charge in [-0.25, -0.2) is 23.4 Å². The van der Waals surface area contributed by atoms with Gasteiger partial charge in [0, 0.05) is 0 Å². The van der Waals surface area contributed by atoms with Crippen LogP contribution >= 0.6 is 0 Å². The molecule has 0 atom stereocenters. The third-order valence-electron chi connectivity index (χ3n) is 3.21. The topological polar surface area (TPSA) is 114 Å². The summed E-state index contributed by atoms with van der Waals surface area (Å²) in [7, 11) is -2.46. The fraction of sp³-hybridized carbons (Fsp3) is 0.118. The van der Waals surface area contributed by atoms with E-state index in [1.165, 1.54) is 25.5 Å². The first-order chi connectivity index (χ1) is 12.4. The van der Waals surface area contributed by atoms with E-state index in [9.17, 15) is 18.0 Å². The van der Waals surface area contributed by atoms with Gasteiger partial charge in [0.25, 0.3) is 5.91 Å². The van der Waals surface area contributed by atoms with Crippen LogP contribution in [0.5, 0.6) is 0 Å². The highest BCUT2D eigenvalue weighted by atomic mass is 32.2. The number of methoxy groups -OCH3 is 1. The molecule has 2 rings (SSSR count). The second-order valence-electron chi connectivity index (χ2n) is 5.04. The average molecular weight is 375 g/mol. The van der Waals surface area contributed by atoms with Gasteiger partial charge in [-0.2, -0.15) is 5.10 Å². The number of sulfonamides is 1. The molecule has 0 aromatic heterocycles. The molecule has 0 aliphatic rings. The molecule has 0 unspecified atom stereocenters. The standard InChI is InChI=1S/C17H17N3O5S/c1-25-17(22)14-9-7-13(8-10-14)11-18-20-16(21)12-19-26(23,24)15-5-3-2-4-6-15/h2-11,19H,12H2,1H3,(H,20,21)/b18-11-. The maximum absolute atomic E-state index is 12.0. The number of benzene rings is 2. The Bertz CT molecular complexity index is 894. The summed E-state index contributed by atoms with van der Waals surface area (Å²) in [6, 6.07) is 14.1. The monoisotopic (exact) mass is 375 g/mol. The van der Waals surface area contributed by atoms with E-state index in [0.717, 1.165) is 0 Å². The lowest BCUT2D eigenvalue weighted by atomic mass is 10.1. The zero-order valence-corrected chi connectivity index (χ0v) is 14.7. The van der Waals surface area contributed by atoms with Crippen molar-refractivity contribution in [1.29, 1.82) is 0 Å². The van der Waals surface area contributed by atoms with E-state index < -0.39 is 28.4 Å². The Balaban J connectivity index is 1.85. The highest BCUT2D eigenvalue weighted by Gasteiger charge is 2.14. The van der Waals surface area contributed by atoms with E-state index in [1.54, 1.807) is 42.5 Å². The summed E-state index contributed by atoms with van der Waals surface area (Å²) in [5.74, 6) is -1.07. The summed E-state index contributed by atoms with van der Waals surface area (Å²) in [6.07, 6.45) is 1.37. The quantitative estimate of drug-likeness (QED) is 0.424. The SMILES string of the molecule is COC(=O)c1ccc(/C=N\NC(=O)CNS(=O)(=O)c2ccccc2)cc1. The maximum atomic E-state index is 12.0. The molecule has 0 radical (unpaired) electrons. The lowest BCUT2D eigenvalue weighted by molar-refractivity contribution is -0.119. The first kappa shape index (κ1) is 19.3. The van der Waals surface area contributed by atoms with Crippen molar-refractivity contribution >= 4 is 28.1 Å².